The number of amides is 2. The van der Waals surface area contributed by atoms with Gasteiger partial charge in [0.15, 0.2) is 98.9 Å². The van der Waals surface area contributed by atoms with Crippen molar-refractivity contribution in [2.75, 3.05) is 19.8 Å². The molecule has 0 spiro atoms. The van der Waals surface area contributed by atoms with Gasteiger partial charge in [0, 0.05) is 13.8 Å². The summed E-state index contributed by atoms with van der Waals surface area (Å²) < 4.78 is 85.3. The predicted molar refractivity (Wildman–Crippen MR) is 217 cm³/mol. The number of carbonyl (C=O) groups excluding carboxylic acids is 2. The van der Waals surface area contributed by atoms with Gasteiger partial charge in [-0.15, -0.1) is 23.9 Å². The summed E-state index contributed by atoms with van der Waals surface area (Å²) in [5.74, 6) is -5.52. The van der Waals surface area contributed by atoms with Crippen LogP contribution in [-0.2, 0) is 111 Å². The highest BCUT2D eigenvalue weighted by atomic mass is 32.2. The minimum atomic E-state index is -2.43. The first-order valence-corrected chi connectivity index (χ1v) is 22.5. The number of aliphatic hydroxyl groups excluding tert-OH is 5. The van der Waals surface area contributed by atoms with E-state index in [1.54, 1.807) is 0 Å². The van der Waals surface area contributed by atoms with Crippen molar-refractivity contribution < 1.29 is 168 Å². The van der Waals surface area contributed by atoms with Crippen LogP contribution in [0.15, 0.2) is 12.7 Å². The van der Waals surface area contributed by atoms with Gasteiger partial charge in [-0.05, 0) is 0 Å². The molecule has 72 heavy (non-hydrogen) atoms. The summed E-state index contributed by atoms with van der Waals surface area (Å²) in [6.45, 7) is 3.26. The third-order valence-electron chi connectivity index (χ3n) is 10.0. The fourth-order valence-electron chi connectivity index (χ4n) is 7.25. The Morgan fingerprint density at radius 2 is 0.917 bits per heavy atom. The molecule has 0 radical (unpaired) electrons. The van der Waals surface area contributed by atoms with E-state index in [1.807, 2.05) is 0 Å². The van der Waals surface area contributed by atoms with Gasteiger partial charge < -0.3 is 84.3 Å². The van der Waals surface area contributed by atoms with Gasteiger partial charge in [0.05, 0.1) is 19.8 Å². The lowest BCUT2D eigenvalue weighted by molar-refractivity contribution is -0.436. The fraction of sp³-hybridized carbons (Fsp3) is 0.806. The summed E-state index contributed by atoms with van der Waals surface area (Å²) in [6, 6.07) is -3.49. The van der Waals surface area contributed by atoms with Crippen LogP contribution in [0.25, 0.3) is 0 Å². The quantitative estimate of drug-likeness (QED) is 0.0103. The molecule has 4 aliphatic heterocycles. The van der Waals surface area contributed by atoms with E-state index >= 15 is 0 Å². The first-order chi connectivity index (χ1) is 34.5. The third kappa shape index (κ3) is 16.9. The van der Waals surface area contributed by atoms with Crippen LogP contribution in [0, 0.1) is 0 Å². The Morgan fingerprint density at radius 1 is 0.528 bits per heavy atom. The number of hydrogen-bond acceptors (Lipinski definition) is 37. The highest BCUT2D eigenvalue weighted by Gasteiger charge is 2.60. The maximum absolute atomic E-state index is 13.2. The average molecular weight is 1140 g/mol. The fourth-order valence-corrected chi connectivity index (χ4v) is 8.68. The van der Waals surface area contributed by atoms with Crippen LogP contribution in [0.4, 0.5) is 0 Å². The lowest BCUT2D eigenvalue weighted by Crippen LogP contribution is -2.71. The van der Waals surface area contributed by atoms with Crippen LogP contribution in [-0.4, -0.2) is 223 Å². The Labute approximate surface area is 419 Å². The molecule has 0 bridgehead atoms. The zero-order chi connectivity index (χ0) is 53.1. The number of aliphatic carboxylic acids is 2. The molecule has 2 amide bonds. The van der Waals surface area contributed by atoms with E-state index < -0.39 is 160 Å². The monoisotopic (exact) mass is 1140 g/mol. The van der Waals surface area contributed by atoms with Gasteiger partial charge in [-0.25, -0.2) is 30.6 Å². The van der Waals surface area contributed by atoms with E-state index in [-0.39, 0.29) is 55.9 Å². The highest BCUT2D eigenvalue weighted by Crippen LogP contribution is 2.40. The van der Waals surface area contributed by atoms with Crippen molar-refractivity contribution in [2.24, 2.45) is 0 Å². The number of aliphatic hydroxyl groups is 5. The smallest absolute Gasteiger partial charge is 0.335 e. The normalized spacial score (nSPS) is 37.2. The number of nitrogens with one attached hydrogen (secondary N) is 2. The van der Waals surface area contributed by atoms with Crippen LogP contribution in [0.1, 0.15) is 13.8 Å². The number of hydrogen-bond donors (Lipinski definition) is 13. The van der Waals surface area contributed by atoms with E-state index in [1.165, 1.54) is 6.08 Å². The van der Waals surface area contributed by atoms with Crippen LogP contribution < -0.4 is 10.6 Å². The molecule has 4 fully saturated rings. The van der Waals surface area contributed by atoms with E-state index in [4.69, 9.17) is 75.7 Å². The van der Waals surface area contributed by atoms with Gasteiger partial charge >= 0.3 is 11.9 Å². The van der Waals surface area contributed by atoms with Gasteiger partial charge in [-0.3, -0.25) is 26.3 Å². The SMILES string of the molecule is C=CCOC1OC(CO)C(O)C(OC2OC(C(=O)O)C(OC3OC(CO)C(O)C(OC4OC(C(=O)O)C(O)C(OSOOO)C4OSOOO)C3NC(C)=O)C(OSOOO)C2OSOOO)C1NC(C)=O. The van der Waals surface area contributed by atoms with Gasteiger partial charge in [0.25, 0.3) is 0 Å². The molecular weight excluding hydrogens is 1090 g/mol. The molecule has 416 valence electrons. The Balaban J connectivity index is 1.83. The molecule has 13 N–H and O–H groups in total. The molecule has 4 heterocycles. The minimum Gasteiger partial charge on any atom is -0.479 e. The van der Waals surface area contributed by atoms with Crippen LogP contribution in [0.5, 0.6) is 0 Å². The van der Waals surface area contributed by atoms with Crippen molar-refractivity contribution in [1.29, 1.82) is 0 Å². The first-order valence-electron chi connectivity index (χ1n) is 19.8. The molecule has 41 heteroatoms. The second kappa shape index (κ2) is 31.8. The minimum absolute atomic E-state index is 0.198. The molecule has 0 aliphatic carbocycles. The zero-order valence-electron chi connectivity index (χ0n) is 36.3. The molecule has 20 atom stereocenters. The summed E-state index contributed by atoms with van der Waals surface area (Å²) in [7, 11) is 0. The second-order valence-corrected chi connectivity index (χ2v) is 16.3. The molecule has 20 unspecified atom stereocenters. The predicted octanol–water partition coefficient (Wildman–Crippen LogP) is -4.03. The third-order valence-corrected chi connectivity index (χ3v) is 11.7. The molecule has 4 rings (SSSR count). The molecule has 0 aromatic carbocycles. The molecule has 0 aromatic heterocycles. The number of carboxylic acid groups (broad SMARTS) is 2. The average Bonchev–Trinajstić information content (AvgIpc) is 3.33. The van der Waals surface area contributed by atoms with Crippen molar-refractivity contribution in [3.8, 4) is 0 Å². The molecule has 0 aromatic rings. The summed E-state index contributed by atoms with van der Waals surface area (Å²) in [6.07, 6.45) is -35.6. The Morgan fingerprint density at radius 3 is 1.33 bits per heavy atom. The van der Waals surface area contributed by atoms with Crippen molar-refractivity contribution in [3.05, 3.63) is 12.7 Å². The van der Waals surface area contributed by atoms with Crippen molar-refractivity contribution in [1.82, 2.24) is 10.6 Å². The lowest BCUT2D eigenvalue weighted by Gasteiger charge is -2.50. The van der Waals surface area contributed by atoms with E-state index in [2.05, 4.69) is 54.7 Å². The maximum atomic E-state index is 13.2. The largest absolute Gasteiger partial charge is 0.479 e. The van der Waals surface area contributed by atoms with Gasteiger partial charge in [-0.2, -0.15) is 0 Å². The van der Waals surface area contributed by atoms with Crippen molar-refractivity contribution in [3.63, 3.8) is 0 Å². The van der Waals surface area contributed by atoms with Gasteiger partial charge in [0.1, 0.15) is 73.1 Å². The molecular formula is C31H48N2O35S4. The van der Waals surface area contributed by atoms with Gasteiger partial charge in [-0.1, -0.05) is 26.2 Å². The summed E-state index contributed by atoms with van der Waals surface area (Å²) in [5.41, 5.74) is 0. The second-order valence-electron chi connectivity index (χ2n) is 14.4. The van der Waals surface area contributed by atoms with E-state index in [0.29, 0.717) is 0 Å². The highest BCUT2D eigenvalue weighted by molar-refractivity contribution is 7.90. The van der Waals surface area contributed by atoms with Gasteiger partial charge in [0.2, 0.25) is 11.8 Å². The lowest BCUT2D eigenvalue weighted by atomic mass is 9.94. The molecule has 4 aliphatic rings. The zero-order valence-corrected chi connectivity index (χ0v) is 39.6. The molecule has 4 saturated heterocycles. The summed E-state index contributed by atoms with van der Waals surface area (Å²) in [4.78, 5) is 50.9. The Kier molecular flexibility index (Phi) is 27.6. The summed E-state index contributed by atoms with van der Waals surface area (Å²) in [5, 5.41) is 129. The Hall–Kier alpha value is -2.14. The van der Waals surface area contributed by atoms with E-state index in [0.717, 1.165) is 13.8 Å². The number of rotatable bonds is 31. The van der Waals surface area contributed by atoms with Crippen molar-refractivity contribution in [2.45, 2.75) is 137 Å². The first kappa shape index (κ1) is 62.4. The topological polar surface area (TPSA) is 499 Å². The summed E-state index contributed by atoms with van der Waals surface area (Å²) >= 11 is -0.842. The van der Waals surface area contributed by atoms with Crippen LogP contribution in [0.3, 0.4) is 0 Å². The Bertz CT molecular complexity index is 1670. The molecule has 37 nitrogen and oxygen atoms in total. The van der Waals surface area contributed by atoms with E-state index in [9.17, 15) is 54.9 Å². The molecule has 0 saturated carbocycles. The van der Waals surface area contributed by atoms with Crippen molar-refractivity contribution >= 4 is 73.0 Å². The number of carbonyl (C=O) groups is 4. The van der Waals surface area contributed by atoms with Crippen LogP contribution >= 0.6 is 49.3 Å². The number of carboxylic acids is 2. The van der Waals surface area contributed by atoms with Crippen LogP contribution in [0.2, 0.25) is 0 Å². The number of ether oxygens (including phenoxy) is 8. The maximum Gasteiger partial charge on any atom is 0.335 e. The standard InChI is InChI=1S/C31H48N2O35S4/c1-4-5-49-28-12(32-8(2)36)17(14(38)10(6-34)50-28)52-31-25(60-72-68-64-48)22(58-70-66-62-46)21(23(56-31)27(43)44)55-29-13(33-9(3)37)18(15(39)11(7-35)51-29)53-30-24(59-71-67-63-47)19(57-69-65-61-45)16(40)20(54-30)26(41)42/h4,10-25,28-31,34-35,38-40,45-48H,1,5-7H2,2-3H3,(H,32,36)(H,33,37)(H,41,42)(H,43,44).